The molecule has 0 aliphatic carbocycles. The van der Waals surface area contributed by atoms with Crippen LogP contribution < -0.4 is 0 Å². The third-order valence-corrected chi connectivity index (χ3v) is 3.69. The van der Waals surface area contributed by atoms with Crippen LogP contribution in [0.2, 0.25) is 0 Å². The van der Waals surface area contributed by atoms with Crippen LogP contribution >= 0.6 is 27.3 Å². The molecule has 0 aromatic carbocycles. The average Bonchev–Trinajstić information content (AvgIpc) is 2.41. The summed E-state index contributed by atoms with van der Waals surface area (Å²) in [7, 11) is 0. The van der Waals surface area contributed by atoms with E-state index in [1.54, 1.807) is 11.3 Å². The maximum absolute atomic E-state index is 9.83. The van der Waals surface area contributed by atoms with Gasteiger partial charge in [0.15, 0.2) is 0 Å². The Kier molecular flexibility index (Phi) is 4.42. The van der Waals surface area contributed by atoms with Gasteiger partial charge in [-0.1, -0.05) is 19.8 Å². The molecule has 1 rings (SSSR count). The van der Waals surface area contributed by atoms with Gasteiger partial charge in [-0.05, 0) is 40.9 Å². The van der Waals surface area contributed by atoms with Crippen LogP contribution in [0.1, 0.15) is 42.7 Å². The second-order valence-corrected chi connectivity index (χ2v) is 5.86. The summed E-state index contributed by atoms with van der Waals surface area (Å²) in [6.07, 6.45) is 2.83. The quantitative estimate of drug-likeness (QED) is 0.869. The Morgan fingerprint density at radius 1 is 1.62 bits per heavy atom. The van der Waals surface area contributed by atoms with E-state index in [9.17, 15) is 5.11 Å². The van der Waals surface area contributed by atoms with E-state index in [1.807, 2.05) is 6.07 Å². The molecule has 1 unspecified atom stereocenters. The molecule has 1 nitrogen and oxygen atoms in total. The van der Waals surface area contributed by atoms with Gasteiger partial charge in [-0.25, -0.2) is 0 Å². The van der Waals surface area contributed by atoms with Gasteiger partial charge in [-0.2, -0.15) is 0 Å². The molecule has 0 aliphatic rings. The fraction of sp³-hybridized carbons (Fsp3) is 0.600. The molecule has 0 amide bonds. The van der Waals surface area contributed by atoms with Gasteiger partial charge in [0.05, 0.1) is 9.89 Å². The summed E-state index contributed by atoms with van der Waals surface area (Å²) >= 11 is 5.11. The standard InChI is InChI=1S/C10H15BrOS/c1-3-4-5-9(12)8-6-10(11)13-7(8)2/h6,9,12H,3-5H2,1-2H3. The third-order valence-electron chi connectivity index (χ3n) is 2.12. The molecule has 1 aromatic heterocycles. The molecule has 0 spiro atoms. The van der Waals surface area contributed by atoms with Gasteiger partial charge in [0.2, 0.25) is 0 Å². The van der Waals surface area contributed by atoms with E-state index in [0.29, 0.717) is 0 Å². The highest BCUT2D eigenvalue weighted by atomic mass is 79.9. The van der Waals surface area contributed by atoms with Gasteiger partial charge in [-0.15, -0.1) is 11.3 Å². The van der Waals surface area contributed by atoms with Crippen molar-refractivity contribution in [2.45, 2.75) is 39.2 Å². The highest BCUT2D eigenvalue weighted by Crippen LogP contribution is 2.32. The monoisotopic (exact) mass is 262 g/mol. The van der Waals surface area contributed by atoms with E-state index in [0.717, 1.165) is 28.6 Å². The fourth-order valence-corrected chi connectivity index (χ4v) is 3.11. The average molecular weight is 263 g/mol. The van der Waals surface area contributed by atoms with Gasteiger partial charge in [0, 0.05) is 4.88 Å². The van der Waals surface area contributed by atoms with E-state index >= 15 is 0 Å². The van der Waals surface area contributed by atoms with Crippen LogP contribution in [0.5, 0.6) is 0 Å². The van der Waals surface area contributed by atoms with Crippen LogP contribution in [-0.4, -0.2) is 5.11 Å². The van der Waals surface area contributed by atoms with E-state index in [-0.39, 0.29) is 6.10 Å². The van der Waals surface area contributed by atoms with Crippen molar-refractivity contribution in [3.05, 3.63) is 20.3 Å². The summed E-state index contributed by atoms with van der Waals surface area (Å²) in [5.41, 5.74) is 1.09. The van der Waals surface area contributed by atoms with Gasteiger partial charge in [0.1, 0.15) is 0 Å². The normalized spacial score (nSPS) is 13.2. The number of rotatable bonds is 4. The van der Waals surface area contributed by atoms with Crippen LogP contribution in [0, 0.1) is 6.92 Å². The Morgan fingerprint density at radius 3 is 2.77 bits per heavy atom. The highest BCUT2D eigenvalue weighted by molar-refractivity contribution is 9.11. The van der Waals surface area contributed by atoms with Crippen molar-refractivity contribution in [3.63, 3.8) is 0 Å². The summed E-state index contributed by atoms with van der Waals surface area (Å²) in [5.74, 6) is 0. The van der Waals surface area contributed by atoms with E-state index in [4.69, 9.17) is 0 Å². The van der Waals surface area contributed by atoms with Gasteiger partial charge < -0.3 is 5.11 Å². The van der Waals surface area contributed by atoms with Crippen molar-refractivity contribution in [2.75, 3.05) is 0 Å². The Balaban J connectivity index is 2.64. The maximum Gasteiger partial charge on any atom is 0.0801 e. The molecule has 0 saturated heterocycles. The lowest BCUT2D eigenvalue weighted by Crippen LogP contribution is -1.96. The van der Waals surface area contributed by atoms with Crippen LogP contribution in [0.15, 0.2) is 9.85 Å². The molecule has 0 aliphatic heterocycles. The summed E-state index contributed by atoms with van der Waals surface area (Å²) in [6.45, 7) is 4.20. The van der Waals surface area contributed by atoms with Crippen LogP contribution in [-0.2, 0) is 0 Å². The van der Waals surface area contributed by atoms with Crippen molar-refractivity contribution in [1.82, 2.24) is 0 Å². The largest absolute Gasteiger partial charge is 0.388 e. The molecule has 0 fully saturated rings. The first kappa shape index (κ1) is 11.2. The Morgan fingerprint density at radius 2 is 2.31 bits per heavy atom. The number of aliphatic hydroxyl groups excluding tert-OH is 1. The highest BCUT2D eigenvalue weighted by Gasteiger charge is 2.12. The predicted molar refractivity (Wildman–Crippen MR) is 61.2 cm³/mol. The van der Waals surface area contributed by atoms with Crippen molar-refractivity contribution in [2.24, 2.45) is 0 Å². The van der Waals surface area contributed by atoms with Crippen molar-refractivity contribution in [1.29, 1.82) is 0 Å². The molecule has 0 bridgehead atoms. The lowest BCUT2D eigenvalue weighted by Gasteiger charge is -2.08. The molecule has 1 atom stereocenters. The molecular formula is C10H15BrOS. The molecule has 74 valence electrons. The number of hydrogen-bond acceptors (Lipinski definition) is 2. The molecule has 1 aromatic rings. The molecule has 1 N–H and O–H groups in total. The van der Waals surface area contributed by atoms with Crippen LogP contribution in [0.25, 0.3) is 0 Å². The third kappa shape index (κ3) is 3.08. The molecule has 13 heavy (non-hydrogen) atoms. The fourth-order valence-electron chi connectivity index (χ4n) is 1.34. The summed E-state index contributed by atoms with van der Waals surface area (Å²) in [5, 5.41) is 9.83. The number of halogens is 1. The lowest BCUT2D eigenvalue weighted by molar-refractivity contribution is 0.164. The van der Waals surface area contributed by atoms with Crippen molar-refractivity contribution < 1.29 is 5.11 Å². The summed E-state index contributed by atoms with van der Waals surface area (Å²) in [6, 6.07) is 2.03. The SMILES string of the molecule is CCCCC(O)c1cc(Br)sc1C. The second-order valence-electron chi connectivity index (χ2n) is 3.22. The summed E-state index contributed by atoms with van der Waals surface area (Å²) in [4.78, 5) is 1.22. The topological polar surface area (TPSA) is 20.2 Å². The zero-order valence-electron chi connectivity index (χ0n) is 8.01. The Bertz CT molecular complexity index is 270. The van der Waals surface area contributed by atoms with Crippen LogP contribution in [0.3, 0.4) is 0 Å². The number of thiophene rings is 1. The van der Waals surface area contributed by atoms with Crippen molar-refractivity contribution >= 4 is 27.3 Å². The molecular weight excluding hydrogens is 248 g/mol. The number of hydrogen-bond donors (Lipinski definition) is 1. The predicted octanol–water partition coefficient (Wildman–Crippen LogP) is 4.04. The summed E-state index contributed by atoms with van der Waals surface area (Å²) < 4.78 is 1.11. The zero-order valence-corrected chi connectivity index (χ0v) is 10.4. The van der Waals surface area contributed by atoms with E-state index in [1.165, 1.54) is 4.88 Å². The lowest BCUT2D eigenvalue weighted by atomic mass is 10.1. The van der Waals surface area contributed by atoms with Gasteiger partial charge in [-0.3, -0.25) is 0 Å². The Labute approximate surface area is 91.9 Å². The molecule has 0 radical (unpaired) electrons. The second kappa shape index (κ2) is 5.13. The first-order valence-electron chi connectivity index (χ1n) is 4.59. The Hall–Kier alpha value is 0.140. The molecule has 1 heterocycles. The van der Waals surface area contributed by atoms with Crippen molar-refractivity contribution in [3.8, 4) is 0 Å². The van der Waals surface area contributed by atoms with Crippen LogP contribution in [0.4, 0.5) is 0 Å². The number of aryl methyl sites for hydroxylation is 1. The first-order valence-corrected chi connectivity index (χ1v) is 6.20. The first-order chi connectivity index (χ1) is 6.15. The minimum absolute atomic E-state index is 0.275. The molecule has 0 saturated carbocycles. The smallest absolute Gasteiger partial charge is 0.0801 e. The number of unbranched alkanes of at least 4 members (excludes halogenated alkanes) is 1. The number of aliphatic hydroxyl groups is 1. The van der Waals surface area contributed by atoms with Gasteiger partial charge >= 0.3 is 0 Å². The van der Waals surface area contributed by atoms with Gasteiger partial charge in [0.25, 0.3) is 0 Å². The molecule has 3 heteroatoms. The van der Waals surface area contributed by atoms with E-state index in [2.05, 4.69) is 29.8 Å². The minimum atomic E-state index is -0.275. The maximum atomic E-state index is 9.83. The minimum Gasteiger partial charge on any atom is -0.388 e. The van der Waals surface area contributed by atoms with E-state index < -0.39 is 0 Å². The zero-order chi connectivity index (χ0) is 9.84.